The average Bonchev–Trinajstić information content (AvgIpc) is 2.95. The number of halogens is 2. The lowest BCUT2D eigenvalue weighted by atomic mass is 10.1. The van der Waals surface area contributed by atoms with Gasteiger partial charge in [0.05, 0.1) is 17.1 Å². The average molecular weight is 462 g/mol. The van der Waals surface area contributed by atoms with Gasteiger partial charge in [0.25, 0.3) is 5.91 Å². The molecule has 2 aromatic carbocycles. The standard InChI is InChI=1S/C23H25Cl2N3O3/c1-14(2)13-28-19-8-6-15(3)11-17(19)22(23(28)30)27-26-21(29)5-4-10-31-20-9-7-16(24)12-18(20)25/h6-9,11-12,14,30H,4-5,10,13H2,1-3H3. The van der Waals surface area contributed by atoms with E-state index < -0.39 is 0 Å². The van der Waals surface area contributed by atoms with E-state index in [9.17, 15) is 9.90 Å². The smallest absolute Gasteiger partial charge is 0.264 e. The number of aryl methyl sites for hydroxylation is 1. The Morgan fingerprint density at radius 3 is 2.68 bits per heavy atom. The highest BCUT2D eigenvalue weighted by molar-refractivity contribution is 6.35. The van der Waals surface area contributed by atoms with E-state index in [1.165, 1.54) is 0 Å². The second-order valence-corrected chi connectivity index (χ2v) is 8.66. The molecule has 1 heterocycles. The van der Waals surface area contributed by atoms with Crippen LogP contribution in [-0.2, 0) is 11.3 Å². The third kappa shape index (κ3) is 5.77. The highest BCUT2D eigenvalue weighted by atomic mass is 35.5. The fraction of sp³-hybridized carbons (Fsp3) is 0.348. The van der Waals surface area contributed by atoms with Crippen molar-refractivity contribution in [2.24, 2.45) is 16.1 Å². The van der Waals surface area contributed by atoms with E-state index in [0.29, 0.717) is 47.0 Å². The number of rotatable bonds is 8. The van der Waals surface area contributed by atoms with Crippen LogP contribution in [0.1, 0.15) is 32.3 Å². The molecule has 0 atom stereocenters. The fourth-order valence-corrected chi connectivity index (χ4v) is 3.70. The van der Waals surface area contributed by atoms with Crippen LogP contribution < -0.4 is 4.74 Å². The first-order valence-electron chi connectivity index (χ1n) is 10.1. The summed E-state index contributed by atoms with van der Waals surface area (Å²) >= 11 is 11.9. The van der Waals surface area contributed by atoms with Crippen LogP contribution in [0.4, 0.5) is 5.69 Å². The lowest BCUT2D eigenvalue weighted by molar-refractivity contribution is -0.118. The van der Waals surface area contributed by atoms with Crippen molar-refractivity contribution in [3.63, 3.8) is 0 Å². The highest BCUT2D eigenvalue weighted by Gasteiger charge is 2.18. The Hall–Kier alpha value is -2.57. The molecule has 0 saturated carbocycles. The topological polar surface area (TPSA) is 76.2 Å². The molecule has 0 aliphatic rings. The van der Waals surface area contributed by atoms with Gasteiger partial charge in [-0.2, -0.15) is 0 Å². The summed E-state index contributed by atoms with van der Waals surface area (Å²) in [5, 5.41) is 20.3. The van der Waals surface area contributed by atoms with Crippen LogP contribution in [0.3, 0.4) is 0 Å². The molecule has 0 fully saturated rings. The van der Waals surface area contributed by atoms with Crippen molar-refractivity contribution >= 4 is 45.7 Å². The maximum Gasteiger partial charge on any atom is 0.264 e. The number of azo groups is 1. The molecule has 6 nitrogen and oxygen atoms in total. The Kier molecular flexibility index (Phi) is 7.57. The Bertz CT molecular complexity index is 1120. The minimum Gasteiger partial charge on any atom is -0.493 e. The number of amides is 1. The molecule has 0 aliphatic heterocycles. The summed E-state index contributed by atoms with van der Waals surface area (Å²) in [5.41, 5.74) is 2.22. The molecule has 164 valence electrons. The lowest BCUT2D eigenvalue weighted by Crippen LogP contribution is -2.03. The van der Waals surface area contributed by atoms with Gasteiger partial charge >= 0.3 is 0 Å². The minimum absolute atomic E-state index is 0.0200. The molecule has 0 aliphatic carbocycles. The summed E-state index contributed by atoms with van der Waals surface area (Å²) in [7, 11) is 0. The molecular formula is C23H25Cl2N3O3. The van der Waals surface area contributed by atoms with Gasteiger partial charge in [-0.15, -0.1) is 10.2 Å². The molecule has 8 heteroatoms. The summed E-state index contributed by atoms with van der Waals surface area (Å²) in [6.45, 7) is 7.06. The summed E-state index contributed by atoms with van der Waals surface area (Å²) in [5.74, 6) is 0.482. The van der Waals surface area contributed by atoms with Gasteiger partial charge in [0.2, 0.25) is 5.88 Å². The van der Waals surface area contributed by atoms with E-state index in [1.807, 2.05) is 29.7 Å². The van der Waals surface area contributed by atoms with Crippen LogP contribution in [0.15, 0.2) is 46.6 Å². The molecule has 0 spiro atoms. The molecule has 1 N–H and O–H groups in total. The molecule has 3 rings (SSSR count). The van der Waals surface area contributed by atoms with Gasteiger partial charge in [0.1, 0.15) is 5.75 Å². The predicted octanol–water partition coefficient (Wildman–Crippen LogP) is 7.09. The van der Waals surface area contributed by atoms with Crippen molar-refractivity contribution in [2.45, 2.75) is 40.2 Å². The Balaban J connectivity index is 1.66. The summed E-state index contributed by atoms with van der Waals surface area (Å²) in [6, 6.07) is 10.8. The van der Waals surface area contributed by atoms with E-state index in [2.05, 4.69) is 24.1 Å². The quantitative estimate of drug-likeness (QED) is 0.287. The Labute approximate surface area is 191 Å². The molecule has 31 heavy (non-hydrogen) atoms. The number of carbonyl (C=O) groups is 1. The number of ether oxygens (including phenoxy) is 1. The number of carbonyl (C=O) groups excluding carboxylic acids is 1. The minimum atomic E-state index is -0.386. The van der Waals surface area contributed by atoms with E-state index >= 15 is 0 Å². The van der Waals surface area contributed by atoms with Crippen molar-refractivity contribution in [3.05, 3.63) is 52.0 Å². The third-order valence-electron chi connectivity index (χ3n) is 4.66. The lowest BCUT2D eigenvalue weighted by Gasteiger charge is -2.09. The first-order valence-corrected chi connectivity index (χ1v) is 10.9. The van der Waals surface area contributed by atoms with Crippen molar-refractivity contribution < 1.29 is 14.6 Å². The van der Waals surface area contributed by atoms with Gasteiger partial charge in [-0.1, -0.05) is 48.7 Å². The molecule has 1 amide bonds. The highest BCUT2D eigenvalue weighted by Crippen LogP contribution is 2.39. The molecule has 0 bridgehead atoms. The number of nitrogens with zero attached hydrogens (tertiary/aromatic N) is 3. The first kappa shape index (κ1) is 23.1. The zero-order valence-electron chi connectivity index (χ0n) is 17.7. The normalized spacial score (nSPS) is 11.7. The van der Waals surface area contributed by atoms with Crippen molar-refractivity contribution in [3.8, 4) is 11.6 Å². The van der Waals surface area contributed by atoms with E-state index in [-0.39, 0.29) is 18.2 Å². The monoisotopic (exact) mass is 461 g/mol. The molecular weight excluding hydrogens is 437 g/mol. The molecule has 0 unspecified atom stereocenters. The Morgan fingerprint density at radius 1 is 1.19 bits per heavy atom. The van der Waals surface area contributed by atoms with Crippen LogP contribution in [0, 0.1) is 12.8 Å². The maximum atomic E-state index is 12.2. The predicted molar refractivity (Wildman–Crippen MR) is 124 cm³/mol. The molecule has 1 aromatic heterocycles. The van der Waals surface area contributed by atoms with Crippen LogP contribution in [0.2, 0.25) is 10.0 Å². The third-order valence-corrected chi connectivity index (χ3v) is 5.19. The zero-order chi connectivity index (χ0) is 22.5. The summed E-state index contributed by atoms with van der Waals surface area (Å²) in [4.78, 5) is 12.2. The number of aromatic nitrogens is 1. The van der Waals surface area contributed by atoms with Crippen molar-refractivity contribution in [1.82, 2.24) is 4.57 Å². The van der Waals surface area contributed by atoms with E-state index in [4.69, 9.17) is 27.9 Å². The second-order valence-electron chi connectivity index (χ2n) is 7.82. The number of aromatic hydroxyl groups is 1. The van der Waals surface area contributed by atoms with Gasteiger partial charge in [0, 0.05) is 23.4 Å². The number of benzene rings is 2. The largest absolute Gasteiger partial charge is 0.493 e. The zero-order valence-corrected chi connectivity index (χ0v) is 19.2. The maximum absolute atomic E-state index is 12.2. The summed E-state index contributed by atoms with van der Waals surface area (Å²) < 4.78 is 7.38. The van der Waals surface area contributed by atoms with Gasteiger partial charge < -0.3 is 14.4 Å². The SMILES string of the molecule is Cc1ccc2c(c1)c(N=NC(=O)CCCOc1ccc(Cl)cc1Cl)c(O)n2CC(C)C. The Morgan fingerprint density at radius 2 is 1.97 bits per heavy atom. The van der Waals surface area contributed by atoms with E-state index in [1.54, 1.807) is 18.2 Å². The fourth-order valence-electron chi connectivity index (χ4n) is 3.24. The van der Waals surface area contributed by atoms with Crippen LogP contribution in [0.5, 0.6) is 11.6 Å². The number of hydrogen-bond donors (Lipinski definition) is 1. The van der Waals surface area contributed by atoms with Gasteiger partial charge in [-0.05, 0) is 49.6 Å². The van der Waals surface area contributed by atoms with Crippen molar-refractivity contribution in [2.75, 3.05) is 6.61 Å². The van der Waals surface area contributed by atoms with E-state index in [0.717, 1.165) is 16.5 Å². The molecule has 0 saturated heterocycles. The van der Waals surface area contributed by atoms with Crippen LogP contribution in [0.25, 0.3) is 10.9 Å². The summed E-state index contributed by atoms with van der Waals surface area (Å²) in [6.07, 6.45) is 0.621. The van der Waals surface area contributed by atoms with Gasteiger partial charge in [-0.25, -0.2) is 0 Å². The number of hydrogen-bond acceptors (Lipinski definition) is 4. The number of fused-ring (bicyclic) bond motifs is 1. The van der Waals surface area contributed by atoms with Crippen LogP contribution in [-0.4, -0.2) is 22.2 Å². The van der Waals surface area contributed by atoms with Crippen molar-refractivity contribution in [1.29, 1.82) is 0 Å². The van der Waals surface area contributed by atoms with Gasteiger partial charge in [-0.3, -0.25) is 4.79 Å². The second kappa shape index (κ2) is 10.2. The molecule has 0 radical (unpaired) electrons. The molecule has 3 aromatic rings. The van der Waals surface area contributed by atoms with Crippen LogP contribution >= 0.6 is 23.2 Å². The van der Waals surface area contributed by atoms with Gasteiger partial charge in [0.15, 0.2) is 5.69 Å². The first-order chi connectivity index (χ1) is 14.8.